The first-order valence-corrected chi connectivity index (χ1v) is 5.67. The molecule has 1 aromatic rings. The fourth-order valence-corrected chi connectivity index (χ4v) is 1.69. The van der Waals surface area contributed by atoms with Crippen LogP contribution in [-0.4, -0.2) is 28.9 Å². The number of hydrogen-bond acceptors (Lipinski definition) is 4. The molecule has 1 rings (SSSR count). The van der Waals surface area contributed by atoms with Gasteiger partial charge in [0, 0.05) is 0 Å². The van der Waals surface area contributed by atoms with Crippen molar-refractivity contribution in [2.75, 3.05) is 6.61 Å². The molecule has 4 nitrogen and oxygen atoms in total. The van der Waals surface area contributed by atoms with Gasteiger partial charge in [0.05, 0.1) is 6.61 Å². The number of aliphatic hydroxyl groups is 2. The summed E-state index contributed by atoms with van der Waals surface area (Å²) in [5.74, 6) is -1.26. The Bertz CT molecular complexity index is 422. The van der Waals surface area contributed by atoms with Gasteiger partial charge >= 0.3 is 5.97 Å². The molecule has 0 radical (unpaired) electrons. The molecule has 0 aromatic heterocycles. The van der Waals surface area contributed by atoms with Crippen LogP contribution >= 0.6 is 0 Å². The Morgan fingerprint density at radius 3 is 2.28 bits per heavy atom. The number of ether oxygens (including phenoxy) is 1. The maximum Gasteiger partial charge on any atom is 0.338 e. The van der Waals surface area contributed by atoms with Crippen molar-refractivity contribution in [3.05, 3.63) is 34.6 Å². The highest BCUT2D eigenvalue weighted by atomic mass is 19.1. The molecule has 0 fully saturated rings. The SMILES string of the molecule is CCOC(=O)C(O)C(O)c1cc(C)c(F)c(C)c1. The molecule has 2 N–H and O–H groups in total. The molecule has 1 aromatic carbocycles. The lowest BCUT2D eigenvalue weighted by Gasteiger charge is -2.18. The Morgan fingerprint density at radius 1 is 1.33 bits per heavy atom. The topological polar surface area (TPSA) is 66.8 Å². The van der Waals surface area contributed by atoms with Crippen molar-refractivity contribution in [3.63, 3.8) is 0 Å². The number of aliphatic hydroxyl groups excluding tert-OH is 2. The summed E-state index contributed by atoms with van der Waals surface area (Å²) in [5.41, 5.74) is 0.979. The van der Waals surface area contributed by atoms with Crippen LogP contribution < -0.4 is 0 Å². The first-order valence-electron chi connectivity index (χ1n) is 5.67. The zero-order valence-electron chi connectivity index (χ0n) is 10.6. The van der Waals surface area contributed by atoms with Gasteiger partial charge in [-0.05, 0) is 37.5 Å². The van der Waals surface area contributed by atoms with Crippen molar-refractivity contribution in [1.82, 2.24) is 0 Å². The third-order valence-corrected chi connectivity index (χ3v) is 2.63. The zero-order chi connectivity index (χ0) is 13.9. The molecular formula is C13H17FO4. The average molecular weight is 256 g/mol. The Morgan fingerprint density at radius 2 is 1.83 bits per heavy atom. The molecule has 5 heteroatoms. The van der Waals surface area contributed by atoms with Gasteiger partial charge in [0.1, 0.15) is 11.9 Å². The van der Waals surface area contributed by atoms with Crippen molar-refractivity contribution in [2.45, 2.75) is 33.0 Å². The van der Waals surface area contributed by atoms with Crippen LogP contribution in [0.15, 0.2) is 12.1 Å². The molecule has 0 amide bonds. The molecule has 2 unspecified atom stereocenters. The van der Waals surface area contributed by atoms with Crippen LogP contribution in [0, 0.1) is 19.7 Å². The second-order valence-corrected chi connectivity index (χ2v) is 4.11. The van der Waals surface area contributed by atoms with E-state index in [4.69, 9.17) is 0 Å². The van der Waals surface area contributed by atoms with Crippen LogP contribution in [0.25, 0.3) is 0 Å². The molecule has 0 spiro atoms. The van der Waals surface area contributed by atoms with E-state index < -0.39 is 18.2 Å². The van der Waals surface area contributed by atoms with Gasteiger partial charge in [0.25, 0.3) is 0 Å². The molecule has 100 valence electrons. The lowest BCUT2D eigenvalue weighted by molar-refractivity contribution is -0.159. The first kappa shape index (κ1) is 14.6. The number of esters is 1. The average Bonchev–Trinajstić information content (AvgIpc) is 2.33. The van der Waals surface area contributed by atoms with Crippen LogP contribution in [0.1, 0.15) is 29.7 Å². The summed E-state index contributed by atoms with van der Waals surface area (Å²) < 4.78 is 18.0. The largest absolute Gasteiger partial charge is 0.464 e. The van der Waals surface area contributed by atoms with Crippen molar-refractivity contribution in [2.24, 2.45) is 0 Å². The van der Waals surface area contributed by atoms with E-state index in [1.165, 1.54) is 12.1 Å². The molecule has 18 heavy (non-hydrogen) atoms. The summed E-state index contributed by atoms with van der Waals surface area (Å²) in [5, 5.41) is 19.5. The lowest BCUT2D eigenvalue weighted by Crippen LogP contribution is -2.30. The second kappa shape index (κ2) is 5.93. The highest BCUT2D eigenvalue weighted by Gasteiger charge is 2.27. The molecular weight excluding hydrogens is 239 g/mol. The van der Waals surface area contributed by atoms with Crippen LogP contribution in [0.3, 0.4) is 0 Å². The maximum absolute atomic E-state index is 13.4. The number of benzene rings is 1. The molecule has 0 saturated carbocycles. The summed E-state index contributed by atoms with van der Waals surface area (Å²) >= 11 is 0. The summed E-state index contributed by atoms with van der Waals surface area (Å²) in [6, 6.07) is 2.80. The molecule has 2 atom stereocenters. The summed E-state index contributed by atoms with van der Waals surface area (Å²) in [6.45, 7) is 4.82. The maximum atomic E-state index is 13.4. The van der Waals surface area contributed by atoms with Crippen molar-refractivity contribution in [3.8, 4) is 0 Å². The molecule has 0 bridgehead atoms. The minimum atomic E-state index is -1.67. The highest BCUT2D eigenvalue weighted by molar-refractivity contribution is 5.75. The van der Waals surface area contributed by atoms with Crippen molar-refractivity contribution < 1.29 is 24.1 Å². The van der Waals surface area contributed by atoms with Gasteiger partial charge < -0.3 is 14.9 Å². The summed E-state index contributed by atoms with van der Waals surface area (Å²) in [7, 11) is 0. The van der Waals surface area contributed by atoms with Crippen LogP contribution in [0.2, 0.25) is 0 Å². The number of aryl methyl sites for hydroxylation is 2. The molecule has 0 aliphatic heterocycles. The van der Waals surface area contributed by atoms with E-state index >= 15 is 0 Å². The van der Waals surface area contributed by atoms with Gasteiger partial charge in [-0.3, -0.25) is 0 Å². The van der Waals surface area contributed by atoms with E-state index in [1.54, 1.807) is 20.8 Å². The fourth-order valence-electron chi connectivity index (χ4n) is 1.69. The predicted molar refractivity (Wildman–Crippen MR) is 63.5 cm³/mol. The summed E-state index contributed by atoms with van der Waals surface area (Å²) in [6.07, 6.45) is -3.10. The third-order valence-electron chi connectivity index (χ3n) is 2.63. The van der Waals surface area contributed by atoms with Crippen LogP contribution in [0.4, 0.5) is 4.39 Å². The third kappa shape index (κ3) is 3.05. The molecule has 0 aliphatic rings. The summed E-state index contributed by atoms with van der Waals surface area (Å²) in [4.78, 5) is 11.3. The molecule has 0 saturated heterocycles. The van der Waals surface area contributed by atoms with Gasteiger partial charge in [0.2, 0.25) is 0 Å². The van der Waals surface area contributed by atoms with Gasteiger partial charge in [-0.25, -0.2) is 9.18 Å². The van der Waals surface area contributed by atoms with Gasteiger partial charge in [0.15, 0.2) is 6.10 Å². The number of hydrogen-bond donors (Lipinski definition) is 2. The monoisotopic (exact) mass is 256 g/mol. The van der Waals surface area contributed by atoms with E-state index in [0.717, 1.165) is 0 Å². The molecule has 0 aliphatic carbocycles. The standard InChI is InChI=1S/C13H17FO4/c1-4-18-13(17)12(16)11(15)9-5-7(2)10(14)8(3)6-9/h5-6,11-12,15-16H,4H2,1-3H3. The van der Waals surface area contributed by atoms with E-state index in [0.29, 0.717) is 11.1 Å². The Hall–Kier alpha value is -1.46. The Labute approximate surface area is 105 Å². The highest BCUT2D eigenvalue weighted by Crippen LogP contribution is 2.23. The van der Waals surface area contributed by atoms with Gasteiger partial charge in [-0.15, -0.1) is 0 Å². The Kier molecular flexibility index (Phi) is 4.81. The zero-order valence-corrected chi connectivity index (χ0v) is 10.6. The van der Waals surface area contributed by atoms with Gasteiger partial charge in [-0.1, -0.05) is 12.1 Å². The fraction of sp³-hybridized carbons (Fsp3) is 0.462. The number of carbonyl (C=O) groups excluding carboxylic acids is 1. The minimum absolute atomic E-state index is 0.115. The van der Waals surface area contributed by atoms with Crippen LogP contribution in [0.5, 0.6) is 0 Å². The van der Waals surface area contributed by atoms with E-state index in [1.807, 2.05) is 0 Å². The predicted octanol–water partition coefficient (Wildman–Crippen LogP) is 1.40. The minimum Gasteiger partial charge on any atom is -0.464 e. The van der Waals surface area contributed by atoms with Crippen LogP contribution in [-0.2, 0) is 9.53 Å². The lowest BCUT2D eigenvalue weighted by atomic mass is 9.99. The quantitative estimate of drug-likeness (QED) is 0.799. The normalized spacial score (nSPS) is 14.1. The second-order valence-electron chi connectivity index (χ2n) is 4.11. The number of carbonyl (C=O) groups is 1. The van der Waals surface area contributed by atoms with Gasteiger partial charge in [-0.2, -0.15) is 0 Å². The first-order chi connectivity index (χ1) is 8.38. The Balaban J connectivity index is 2.97. The number of halogens is 1. The smallest absolute Gasteiger partial charge is 0.338 e. The van der Waals surface area contributed by atoms with E-state index in [2.05, 4.69) is 4.74 Å². The van der Waals surface area contributed by atoms with E-state index in [9.17, 15) is 19.4 Å². The molecule has 0 heterocycles. The number of rotatable bonds is 4. The van der Waals surface area contributed by atoms with Crippen molar-refractivity contribution in [1.29, 1.82) is 0 Å². The van der Waals surface area contributed by atoms with Crippen molar-refractivity contribution >= 4 is 5.97 Å². The van der Waals surface area contributed by atoms with E-state index in [-0.39, 0.29) is 18.0 Å².